The van der Waals surface area contributed by atoms with Crippen molar-refractivity contribution in [3.63, 3.8) is 0 Å². The number of rotatable bonds is 5. The number of hydrogen-bond donors (Lipinski definition) is 0. The van der Waals surface area contributed by atoms with Crippen LogP contribution in [0.25, 0.3) is 10.2 Å². The average Bonchev–Trinajstić information content (AvgIpc) is 2.90. The minimum atomic E-state index is -0.376. The zero-order chi connectivity index (χ0) is 12.1. The molecule has 2 heterocycles. The van der Waals surface area contributed by atoms with Gasteiger partial charge in [-0.05, 0) is 17.9 Å². The number of aromatic nitrogens is 2. The van der Waals surface area contributed by atoms with Crippen LogP contribution < -0.4 is 0 Å². The molecular weight excluding hydrogens is 236 g/mol. The molecule has 2 rings (SSSR count). The first-order valence-electron chi connectivity index (χ1n) is 5.91. The van der Waals surface area contributed by atoms with Gasteiger partial charge in [0, 0.05) is 5.39 Å². The van der Waals surface area contributed by atoms with E-state index in [0.717, 1.165) is 23.1 Å². The van der Waals surface area contributed by atoms with Crippen molar-refractivity contribution in [2.45, 2.75) is 32.6 Å². The fourth-order valence-corrected chi connectivity index (χ4v) is 2.46. The van der Waals surface area contributed by atoms with E-state index in [0.29, 0.717) is 6.61 Å². The third-order valence-electron chi connectivity index (χ3n) is 2.58. The Kier molecular flexibility index (Phi) is 4.14. The first-order chi connectivity index (χ1) is 8.33. The molecule has 4 nitrogen and oxygen atoms in total. The molecule has 0 aliphatic heterocycles. The van der Waals surface area contributed by atoms with Crippen LogP contribution in [0.1, 0.15) is 32.6 Å². The highest BCUT2D eigenvalue weighted by Gasteiger charge is 2.12. The molecule has 0 spiro atoms. The van der Waals surface area contributed by atoms with Gasteiger partial charge in [0.15, 0.2) is 0 Å². The Morgan fingerprint density at radius 2 is 2.35 bits per heavy atom. The monoisotopic (exact) mass is 252 g/mol. The quantitative estimate of drug-likeness (QED) is 0.763. The summed E-state index contributed by atoms with van der Waals surface area (Å²) in [5.41, 5.74) is 0. The normalized spacial score (nSPS) is 10.9. The molecule has 0 unspecified atom stereocenters. The van der Waals surface area contributed by atoms with Gasteiger partial charge in [0.1, 0.15) is 4.83 Å². The van der Waals surface area contributed by atoms with Crippen molar-refractivity contribution < 1.29 is 9.53 Å². The van der Waals surface area contributed by atoms with Gasteiger partial charge in [-0.15, -0.1) is 11.3 Å². The van der Waals surface area contributed by atoms with E-state index in [1.807, 2.05) is 11.4 Å². The highest BCUT2D eigenvalue weighted by molar-refractivity contribution is 7.16. The Labute approximate surface area is 104 Å². The SMILES string of the molecule is CCCCCCOC(=O)n1ncc2ccsc21. The average molecular weight is 252 g/mol. The molecule has 0 amide bonds. The van der Waals surface area contributed by atoms with Crippen LogP contribution in [-0.4, -0.2) is 22.5 Å². The van der Waals surface area contributed by atoms with Gasteiger partial charge in [0.05, 0.1) is 12.8 Å². The number of unbranched alkanes of at least 4 members (excludes halogenated alkanes) is 3. The Balaban J connectivity index is 1.86. The van der Waals surface area contributed by atoms with E-state index in [1.54, 1.807) is 6.20 Å². The highest BCUT2D eigenvalue weighted by Crippen LogP contribution is 2.20. The fourth-order valence-electron chi connectivity index (χ4n) is 1.63. The first-order valence-corrected chi connectivity index (χ1v) is 6.79. The van der Waals surface area contributed by atoms with E-state index in [9.17, 15) is 4.79 Å². The van der Waals surface area contributed by atoms with Crippen molar-refractivity contribution >= 4 is 27.6 Å². The predicted molar refractivity (Wildman–Crippen MR) is 68.5 cm³/mol. The summed E-state index contributed by atoms with van der Waals surface area (Å²) < 4.78 is 6.51. The van der Waals surface area contributed by atoms with Crippen LogP contribution >= 0.6 is 11.3 Å². The lowest BCUT2D eigenvalue weighted by atomic mass is 10.2. The van der Waals surface area contributed by atoms with Crippen molar-refractivity contribution in [1.29, 1.82) is 0 Å². The lowest BCUT2D eigenvalue weighted by Gasteiger charge is -2.03. The Bertz CT molecular complexity index is 489. The molecule has 0 saturated carbocycles. The lowest BCUT2D eigenvalue weighted by molar-refractivity contribution is 0.143. The molecule has 0 aromatic carbocycles. The van der Waals surface area contributed by atoms with E-state index in [1.165, 1.54) is 28.9 Å². The van der Waals surface area contributed by atoms with Crippen molar-refractivity contribution in [2.75, 3.05) is 6.61 Å². The van der Waals surface area contributed by atoms with Gasteiger partial charge in [0.25, 0.3) is 0 Å². The van der Waals surface area contributed by atoms with Crippen LogP contribution in [0.5, 0.6) is 0 Å². The van der Waals surface area contributed by atoms with Gasteiger partial charge < -0.3 is 4.74 Å². The van der Waals surface area contributed by atoms with Crippen LogP contribution in [0.2, 0.25) is 0 Å². The molecule has 5 heteroatoms. The minimum Gasteiger partial charge on any atom is -0.448 e. The zero-order valence-electron chi connectivity index (χ0n) is 9.89. The molecule has 0 saturated heterocycles. The van der Waals surface area contributed by atoms with Crippen molar-refractivity contribution in [3.8, 4) is 0 Å². The van der Waals surface area contributed by atoms with Crippen LogP contribution in [0, 0.1) is 0 Å². The summed E-state index contributed by atoms with van der Waals surface area (Å²) in [6, 6.07) is 1.94. The van der Waals surface area contributed by atoms with Crippen molar-refractivity contribution in [1.82, 2.24) is 9.78 Å². The number of nitrogens with zero attached hydrogens (tertiary/aromatic N) is 2. The van der Waals surface area contributed by atoms with Gasteiger partial charge in [-0.1, -0.05) is 26.2 Å². The van der Waals surface area contributed by atoms with Gasteiger partial charge in [-0.3, -0.25) is 0 Å². The summed E-state index contributed by atoms with van der Waals surface area (Å²) in [6.45, 7) is 2.63. The molecule has 0 N–H and O–H groups in total. The van der Waals surface area contributed by atoms with Crippen LogP contribution in [0.3, 0.4) is 0 Å². The number of ether oxygens (including phenoxy) is 1. The van der Waals surface area contributed by atoms with Crippen molar-refractivity contribution in [2.24, 2.45) is 0 Å². The second-order valence-electron chi connectivity index (χ2n) is 3.91. The molecule has 0 aliphatic carbocycles. The maximum absolute atomic E-state index is 11.7. The second-order valence-corrected chi connectivity index (χ2v) is 4.81. The standard InChI is InChI=1S/C12H16N2O2S/c1-2-3-4-5-7-16-12(15)14-11-10(9-13-14)6-8-17-11/h6,8-9H,2-5,7H2,1H3. The molecule has 2 aromatic rings. The summed E-state index contributed by atoms with van der Waals surface area (Å²) in [4.78, 5) is 12.6. The zero-order valence-corrected chi connectivity index (χ0v) is 10.7. The first kappa shape index (κ1) is 12.1. The molecule has 0 atom stereocenters. The van der Waals surface area contributed by atoms with E-state index >= 15 is 0 Å². The number of hydrogen-bond acceptors (Lipinski definition) is 4. The number of carbonyl (C=O) groups excluding carboxylic acids is 1. The number of carbonyl (C=O) groups is 1. The Morgan fingerprint density at radius 3 is 3.18 bits per heavy atom. The maximum atomic E-state index is 11.7. The molecule has 2 aromatic heterocycles. The topological polar surface area (TPSA) is 44.1 Å². The summed E-state index contributed by atoms with van der Waals surface area (Å²) in [5, 5.41) is 6.95. The number of fused-ring (bicyclic) bond motifs is 1. The van der Waals surface area contributed by atoms with Crippen LogP contribution in [0.15, 0.2) is 17.6 Å². The summed E-state index contributed by atoms with van der Waals surface area (Å²) in [7, 11) is 0. The van der Waals surface area contributed by atoms with E-state index < -0.39 is 0 Å². The van der Waals surface area contributed by atoms with E-state index in [-0.39, 0.29) is 6.09 Å². The molecule has 0 fully saturated rings. The minimum absolute atomic E-state index is 0.376. The van der Waals surface area contributed by atoms with Crippen molar-refractivity contribution in [3.05, 3.63) is 17.6 Å². The smallest absolute Gasteiger partial charge is 0.436 e. The third kappa shape index (κ3) is 2.85. The van der Waals surface area contributed by atoms with E-state index in [2.05, 4.69) is 12.0 Å². The predicted octanol–water partition coefficient (Wildman–Crippen LogP) is 3.66. The largest absolute Gasteiger partial charge is 0.448 e. The van der Waals surface area contributed by atoms with Gasteiger partial charge in [0.2, 0.25) is 0 Å². The molecule has 0 bridgehead atoms. The summed E-state index contributed by atoms with van der Waals surface area (Å²) in [5.74, 6) is 0. The third-order valence-corrected chi connectivity index (χ3v) is 3.48. The Hall–Kier alpha value is -1.36. The van der Waals surface area contributed by atoms with Crippen LogP contribution in [0.4, 0.5) is 4.79 Å². The molecule has 92 valence electrons. The maximum Gasteiger partial charge on any atom is 0.436 e. The van der Waals surface area contributed by atoms with E-state index in [4.69, 9.17) is 4.74 Å². The molecule has 17 heavy (non-hydrogen) atoms. The van der Waals surface area contributed by atoms with Gasteiger partial charge >= 0.3 is 6.09 Å². The van der Waals surface area contributed by atoms with Crippen LogP contribution in [-0.2, 0) is 4.74 Å². The second kappa shape index (κ2) is 5.82. The molecule has 0 radical (unpaired) electrons. The van der Waals surface area contributed by atoms with Gasteiger partial charge in [-0.2, -0.15) is 9.78 Å². The fraction of sp³-hybridized carbons (Fsp3) is 0.500. The highest BCUT2D eigenvalue weighted by atomic mass is 32.1. The molecular formula is C12H16N2O2S. The summed E-state index contributed by atoms with van der Waals surface area (Å²) >= 11 is 1.50. The van der Waals surface area contributed by atoms with Gasteiger partial charge in [-0.25, -0.2) is 4.79 Å². The molecule has 0 aliphatic rings. The lowest BCUT2D eigenvalue weighted by Crippen LogP contribution is -2.15. The number of thiophene rings is 1. The summed E-state index contributed by atoms with van der Waals surface area (Å²) in [6.07, 6.45) is 5.71. The Morgan fingerprint density at radius 1 is 1.47 bits per heavy atom.